The molecule has 1 unspecified atom stereocenters. The van der Waals surface area contributed by atoms with Gasteiger partial charge in [0.25, 0.3) is 10.0 Å². The van der Waals surface area contributed by atoms with Gasteiger partial charge in [0.05, 0.1) is 17.7 Å². The SMILES string of the molecule is CCNC(=O)C(CC)N(Cc1ccccc1Cl)C(=O)CN(c1cccc(OC)c1)S(=O)(=O)c1ccccc1. The Kier molecular flexibility index (Phi) is 10.2. The van der Waals surface area contributed by atoms with Gasteiger partial charge in [0.15, 0.2) is 0 Å². The van der Waals surface area contributed by atoms with Gasteiger partial charge in [-0.25, -0.2) is 8.42 Å². The Balaban J connectivity index is 2.08. The molecule has 1 N–H and O–H groups in total. The number of ether oxygens (including phenoxy) is 1. The number of amides is 2. The van der Waals surface area contributed by atoms with Gasteiger partial charge in [-0.3, -0.25) is 13.9 Å². The maximum absolute atomic E-state index is 13.9. The zero-order valence-electron chi connectivity index (χ0n) is 21.6. The third-order valence-electron chi connectivity index (χ3n) is 5.99. The molecular formula is C28H32ClN3O5S. The highest BCUT2D eigenvalue weighted by atomic mass is 35.5. The molecule has 8 nitrogen and oxygen atoms in total. The Hall–Kier alpha value is -3.56. The Morgan fingerprint density at radius 1 is 0.974 bits per heavy atom. The van der Waals surface area contributed by atoms with Crippen molar-refractivity contribution in [1.29, 1.82) is 0 Å². The molecule has 3 rings (SSSR count). The van der Waals surface area contributed by atoms with Gasteiger partial charge in [-0.05, 0) is 49.2 Å². The molecule has 0 aromatic heterocycles. The van der Waals surface area contributed by atoms with Crippen LogP contribution in [0.1, 0.15) is 25.8 Å². The number of carbonyl (C=O) groups excluding carboxylic acids is 2. The number of benzene rings is 3. The fourth-order valence-electron chi connectivity index (χ4n) is 4.04. The lowest BCUT2D eigenvalue weighted by atomic mass is 10.1. The van der Waals surface area contributed by atoms with Crippen LogP contribution in [0, 0.1) is 0 Å². The van der Waals surface area contributed by atoms with Gasteiger partial charge in [0.1, 0.15) is 18.3 Å². The molecule has 0 saturated heterocycles. The number of carbonyl (C=O) groups is 2. The maximum Gasteiger partial charge on any atom is 0.264 e. The molecule has 2 amide bonds. The molecule has 38 heavy (non-hydrogen) atoms. The van der Waals surface area contributed by atoms with Crippen molar-refractivity contribution in [3.05, 3.63) is 89.4 Å². The van der Waals surface area contributed by atoms with Crippen LogP contribution in [0.3, 0.4) is 0 Å². The lowest BCUT2D eigenvalue weighted by molar-refractivity contribution is -0.140. The van der Waals surface area contributed by atoms with Crippen LogP contribution in [-0.4, -0.2) is 51.4 Å². The standard InChI is InChI=1S/C28H32ClN3O5S/c1-4-26(28(34)30-5-2)31(19-21-12-9-10-17-25(21)29)27(33)20-32(22-13-11-14-23(18-22)37-3)38(35,36)24-15-7-6-8-16-24/h6-18,26H,4-5,19-20H2,1-3H3,(H,30,34). The molecular weight excluding hydrogens is 526 g/mol. The monoisotopic (exact) mass is 557 g/mol. The van der Waals surface area contributed by atoms with Crippen LogP contribution < -0.4 is 14.4 Å². The van der Waals surface area contributed by atoms with Crippen molar-refractivity contribution in [2.45, 2.75) is 37.8 Å². The number of sulfonamides is 1. The predicted molar refractivity (Wildman–Crippen MR) is 149 cm³/mol. The average molecular weight is 558 g/mol. The molecule has 10 heteroatoms. The molecule has 0 aliphatic carbocycles. The number of anilines is 1. The summed E-state index contributed by atoms with van der Waals surface area (Å²) in [6, 6.07) is 20.6. The molecule has 0 radical (unpaired) electrons. The second-order valence-electron chi connectivity index (χ2n) is 8.46. The molecule has 0 aliphatic rings. The number of hydrogen-bond acceptors (Lipinski definition) is 5. The van der Waals surface area contributed by atoms with Crippen LogP contribution in [0.25, 0.3) is 0 Å². The molecule has 0 saturated carbocycles. The first-order valence-electron chi connectivity index (χ1n) is 12.2. The topological polar surface area (TPSA) is 96.0 Å². The zero-order valence-corrected chi connectivity index (χ0v) is 23.2. The fraction of sp³-hybridized carbons (Fsp3) is 0.286. The first-order chi connectivity index (χ1) is 18.2. The van der Waals surface area contributed by atoms with Crippen LogP contribution in [0.4, 0.5) is 5.69 Å². The van der Waals surface area contributed by atoms with E-state index in [1.54, 1.807) is 80.6 Å². The van der Waals surface area contributed by atoms with Crippen LogP contribution in [0.2, 0.25) is 5.02 Å². The Bertz CT molecular complexity index is 1350. The zero-order chi connectivity index (χ0) is 27.7. The highest BCUT2D eigenvalue weighted by molar-refractivity contribution is 7.92. The fourth-order valence-corrected chi connectivity index (χ4v) is 5.66. The molecule has 0 aliphatic heterocycles. The number of hydrogen-bond donors (Lipinski definition) is 1. The summed E-state index contributed by atoms with van der Waals surface area (Å²) < 4.78 is 33.9. The van der Waals surface area contributed by atoms with Gasteiger partial charge in [0.2, 0.25) is 11.8 Å². The lowest BCUT2D eigenvalue weighted by Gasteiger charge is -2.33. The van der Waals surface area contributed by atoms with Crippen LogP contribution in [-0.2, 0) is 26.2 Å². The van der Waals surface area contributed by atoms with Crippen LogP contribution >= 0.6 is 11.6 Å². The smallest absolute Gasteiger partial charge is 0.264 e. The molecule has 0 heterocycles. The van der Waals surface area contributed by atoms with Gasteiger partial charge < -0.3 is 15.0 Å². The molecule has 202 valence electrons. The van der Waals surface area contributed by atoms with E-state index < -0.39 is 28.5 Å². The normalized spacial score (nSPS) is 11.9. The van der Waals surface area contributed by atoms with E-state index in [0.717, 1.165) is 4.31 Å². The van der Waals surface area contributed by atoms with E-state index in [1.807, 2.05) is 0 Å². The van der Waals surface area contributed by atoms with Crippen molar-refractivity contribution >= 4 is 39.1 Å². The Labute approximate surface area is 229 Å². The van der Waals surface area contributed by atoms with E-state index in [4.69, 9.17) is 16.3 Å². The lowest BCUT2D eigenvalue weighted by Crippen LogP contribution is -2.52. The number of likely N-dealkylation sites (N-methyl/N-ethyl adjacent to an activating group) is 1. The molecule has 0 bridgehead atoms. The van der Waals surface area contributed by atoms with E-state index in [1.165, 1.54) is 24.1 Å². The summed E-state index contributed by atoms with van der Waals surface area (Å²) in [6.07, 6.45) is 0.326. The Morgan fingerprint density at radius 3 is 2.29 bits per heavy atom. The van der Waals surface area contributed by atoms with Gasteiger partial charge in [-0.15, -0.1) is 0 Å². The average Bonchev–Trinajstić information content (AvgIpc) is 2.93. The molecule has 3 aromatic rings. The second kappa shape index (κ2) is 13.3. The molecule has 0 fully saturated rings. The second-order valence-corrected chi connectivity index (χ2v) is 10.7. The Morgan fingerprint density at radius 2 is 1.66 bits per heavy atom. The van der Waals surface area contributed by atoms with Gasteiger partial charge in [-0.2, -0.15) is 0 Å². The maximum atomic E-state index is 13.9. The summed E-state index contributed by atoms with van der Waals surface area (Å²) in [5.41, 5.74) is 0.898. The first-order valence-corrected chi connectivity index (χ1v) is 14.1. The molecule has 0 spiro atoms. The largest absolute Gasteiger partial charge is 0.497 e. The van der Waals surface area contributed by atoms with Crippen molar-refractivity contribution in [2.75, 3.05) is 24.5 Å². The summed E-state index contributed by atoms with van der Waals surface area (Å²) in [5.74, 6) is -0.440. The minimum absolute atomic E-state index is 0.0315. The number of halogens is 1. The van der Waals surface area contributed by atoms with Gasteiger partial charge in [-0.1, -0.05) is 61.0 Å². The number of rotatable bonds is 12. The van der Waals surface area contributed by atoms with E-state index >= 15 is 0 Å². The van der Waals surface area contributed by atoms with Crippen molar-refractivity contribution in [1.82, 2.24) is 10.2 Å². The van der Waals surface area contributed by atoms with Crippen molar-refractivity contribution in [3.8, 4) is 5.75 Å². The van der Waals surface area contributed by atoms with Crippen LogP contribution in [0.5, 0.6) is 5.75 Å². The summed E-state index contributed by atoms with van der Waals surface area (Å²) in [6.45, 7) is 3.48. The third-order valence-corrected chi connectivity index (χ3v) is 8.14. The third kappa shape index (κ3) is 6.85. The predicted octanol–water partition coefficient (Wildman–Crippen LogP) is 4.49. The van der Waals surface area contributed by atoms with E-state index in [0.29, 0.717) is 29.3 Å². The highest BCUT2D eigenvalue weighted by Gasteiger charge is 2.33. The first kappa shape index (κ1) is 29.0. The number of methoxy groups -OCH3 is 1. The number of nitrogens with zero attached hydrogens (tertiary/aromatic N) is 2. The van der Waals surface area contributed by atoms with Gasteiger partial charge in [0, 0.05) is 24.2 Å². The minimum Gasteiger partial charge on any atom is -0.497 e. The number of nitrogens with one attached hydrogen (secondary N) is 1. The highest BCUT2D eigenvalue weighted by Crippen LogP contribution is 2.28. The summed E-state index contributed by atoms with van der Waals surface area (Å²) in [4.78, 5) is 28.3. The van der Waals surface area contributed by atoms with E-state index in [9.17, 15) is 18.0 Å². The quantitative estimate of drug-likeness (QED) is 0.354. The molecule has 1 atom stereocenters. The van der Waals surface area contributed by atoms with E-state index in [-0.39, 0.29) is 23.0 Å². The summed E-state index contributed by atoms with van der Waals surface area (Å²) in [7, 11) is -2.67. The molecule has 3 aromatic carbocycles. The van der Waals surface area contributed by atoms with Gasteiger partial charge >= 0.3 is 0 Å². The van der Waals surface area contributed by atoms with Crippen molar-refractivity contribution in [2.24, 2.45) is 0 Å². The summed E-state index contributed by atoms with van der Waals surface area (Å²) in [5, 5.41) is 3.22. The van der Waals surface area contributed by atoms with Crippen LogP contribution in [0.15, 0.2) is 83.8 Å². The van der Waals surface area contributed by atoms with E-state index in [2.05, 4.69) is 5.32 Å². The van der Waals surface area contributed by atoms with Crippen molar-refractivity contribution < 1.29 is 22.7 Å². The summed E-state index contributed by atoms with van der Waals surface area (Å²) >= 11 is 6.39. The van der Waals surface area contributed by atoms with Crippen molar-refractivity contribution in [3.63, 3.8) is 0 Å². The minimum atomic E-state index is -4.15.